The minimum absolute atomic E-state index is 0.304. The first-order chi connectivity index (χ1) is 4.22. The van der Waals surface area contributed by atoms with E-state index >= 15 is 0 Å². The largest absolute Gasteiger partial charge is 0.605 e. The number of thiol groups is 1. The van der Waals surface area contributed by atoms with E-state index in [9.17, 15) is 4.55 Å². The van der Waals surface area contributed by atoms with Crippen molar-refractivity contribution in [2.24, 2.45) is 0 Å². The summed E-state index contributed by atoms with van der Waals surface area (Å²) in [6, 6.07) is 0. The fourth-order valence-corrected chi connectivity index (χ4v) is 2.26. The molecule has 0 fully saturated rings. The molecule has 0 saturated carbocycles. The van der Waals surface area contributed by atoms with Gasteiger partial charge in [-0.15, -0.1) is 0 Å². The molecular formula is C6H14OS2. The van der Waals surface area contributed by atoms with Gasteiger partial charge in [-0.1, -0.05) is 20.3 Å². The van der Waals surface area contributed by atoms with Crippen LogP contribution in [0.1, 0.15) is 33.1 Å². The summed E-state index contributed by atoms with van der Waals surface area (Å²) >= 11 is 3.88. The smallest absolute Gasteiger partial charge is 0.127 e. The van der Waals surface area contributed by atoms with Crippen LogP contribution in [0, 0.1) is 0 Å². The van der Waals surface area contributed by atoms with E-state index in [1.54, 1.807) is 0 Å². The van der Waals surface area contributed by atoms with Crippen LogP contribution in [0.3, 0.4) is 0 Å². The van der Waals surface area contributed by atoms with Gasteiger partial charge in [0.2, 0.25) is 0 Å². The lowest BCUT2D eigenvalue weighted by molar-refractivity contribution is 0.579. The van der Waals surface area contributed by atoms with E-state index in [1.807, 2.05) is 0 Å². The summed E-state index contributed by atoms with van der Waals surface area (Å²) in [6.45, 7) is 4.15. The molecule has 0 aromatic carbocycles. The minimum atomic E-state index is -0.909. The molecule has 0 amide bonds. The summed E-state index contributed by atoms with van der Waals surface area (Å²) in [5.41, 5.74) is 0. The molecule has 0 radical (unpaired) electrons. The Hall–Kier alpha value is 0.660. The van der Waals surface area contributed by atoms with Crippen molar-refractivity contribution < 1.29 is 4.55 Å². The lowest BCUT2D eigenvalue weighted by Crippen LogP contribution is -2.14. The molecular weight excluding hydrogens is 152 g/mol. The molecule has 0 aliphatic rings. The van der Waals surface area contributed by atoms with Crippen molar-refractivity contribution >= 4 is 21.9 Å². The first-order valence-corrected chi connectivity index (χ1v) is 5.58. The SMILES string of the molecule is CCCC(CC)[S+]([O-])S. The number of rotatable bonds is 4. The summed E-state index contributed by atoms with van der Waals surface area (Å²) in [6.07, 6.45) is 3.11. The Morgan fingerprint density at radius 3 is 2.22 bits per heavy atom. The van der Waals surface area contributed by atoms with Crippen molar-refractivity contribution in [3.63, 3.8) is 0 Å². The summed E-state index contributed by atoms with van der Waals surface area (Å²) in [7, 11) is -0.909. The van der Waals surface area contributed by atoms with E-state index in [2.05, 4.69) is 25.5 Å². The van der Waals surface area contributed by atoms with Gasteiger partial charge in [0.15, 0.2) is 0 Å². The van der Waals surface area contributed by atoms with Gasteiger partial charge in [0.1, 0.15) is 5.25 Å². The zero-order valence-corrected chi connectivity index (χ0v) is 7.67. The molecule has 0 aromatic heterocycles. The summed E-state index contributed by atoms with van der Waals surface area (Å²) in [5.74, 6) is 0. The van der Waals surface area contributed by atoms with Crippen molar-refractivity contribution in [1.82, 2.24) is 0 Å². The second kappa shape index (κ2) is 5.45. The first kappa shape index (κ1) is 9.66. The van der Waals surface area contributed by atoms with E-state index in [-0.39, 0.29) is 0 Å². The fourth-order valence-electron chi connectivity index (χ4n) is 0.769. The van der Waals surface area contributed by atoms with Crippen LogP contribution in [-0.2, 0) is 10.2 Å². The third-order valence-corrected chi connectivity index (χ3v) is 3.38. The van der Waals surface area contributed by atoms with E-state index in [4.69, 9.17) is 0 Å². The molecule has 56 valence electrons. The van der Waals surface area contributed by atoms with E-state index in [1.165, 1.54) is 0 Å². The quantitative estimate of drug-likeness (QED) is 0.386. The van der Waals surface area contributed by atoms with Crippen LogP contribution in [0.5, 0.6) is 0 Å². The highest BCUT2D eigenvalue weighted by atomic mass is 33.1. The van der Waals surface area contributed by atoms with Crippen LogP contribution in [0.25, 0.3) is 0 Å². The summed E-state index contributed by atoms with van der Waals surface area (Å²) in [4.78, 5) is 0. The van der Waals surface area contributed by atoms with Crippen molar-refractivity contribution in [3.8, 4) is 0 Å². The van der Waals surface area contributed by atoms with E-state index in [0.29, 0.717) is 5.25 Å². The molecule has 0 heterocycles. The second-order valence-corrected chi connectivity index (χ2v) is 4.39. The van der Waals surface area contributed by atoms with Gasteiger partial charge >= 0.3 is 0 Å². The highest BCUT2D eigenvalue weighted by molar-refractivity contribution is 8.63. The predicted molar refractivity (Wildman–Crippen MR) is 46.1 cm³/mol. The van der Waals surface area contributed by atoms with Crippen LogP contribution >= 0.6 is 11.7 Å². The molecule has 0 spiro atoms. The Bertz CT molecular complexity index is 66.1. The van der Waals surface area contributed by atoms with Crippen LogP contribution in [0.15, 0.2) is 0 Å². The molecule has 0 rings (SSSR count). The molecule has 0 saturated heterocycles. The van der Waals surface area contributed by atoms with Crippen LogP contribution in [0.2, 0.25) is 0 Å². The van der Waals surface area contributed by atoms with Gasteiger partial charge < -0.3 is 4.55 Å². The lowest BCUT2D eigenvalue weighted by Gasteiger charge is -2.12. The normalized spacial score (nSPS) is 17.3. The number of hydrogen-bond acceptors (Lipinski definition) is 2. The first-order valence-electron chi connectivity index (χ1n) is 3.32. The third-order valence-electron chi connectivity index (χ3n) is 1.35. The fraction of sp³-hybridized carbons (Fsp3) is 1.00. The molecule has 9 heavy (non-hydrogen) atoms. The Morgan fingerprint density at radius 2 is 2.11 bits per heavy atom. The van der Waals surface area contributed by atoms with Crippen LogP contribution in [-0.4, -0.2) is 9.80 Å². The van der Waals surface area contributed by atoms with Gasteiger partial charge in [-0.05, 0) is 12.8 Å². The second-order valence-electron chi connectivity index (χ2n) is 2.10. The Labute approximate surface area is 65.2 Å². The molecule has 0 bridgehead atoms. The monoisotopic (exact) mass is 166 g/mol. The molecule has 1 nitrogen and oxygen atoms in total. The third kappa shape index (κ3) is 4.12. The molecule has 0 aromatic rings. The maximum atomic E-state index is 10.7. The maximum absolute atomic E-state index is 10.7. The molecule has 0 aliphatic heterocycles. The van der Waals surface area contributed by atoms with Crippen molar-refractivity contribution in [1.29, 1.82) is 0 Å². The van der Waals surface area contributed by atoms with Crippen LogP contribution in [0.4, 0.5) is 0 Å². The minimum Gasteiger partial charge on any atom is -0.605 e. The maximum Gasteiger partial charge on any atom is 0.127 e. The van der Waals surface area contributed by atoms with Gasteiger partial charge in [-0.25, -0.2) is 0 Å². The lowest BCUT2D eigenvalue weighted by atomic mass is 10.2. The standard InChI is InChI=1S/C6H14OS2/c1-3-5-6(4-2)9(7)8/h6H,3-5H2,1-2H3,(H,7,8). The van der Waals surface area contributed by atoms with E-state index in [0.717, 1.165) is 19.3 Å². The zero-order chi connectivity index (χ0) is 7.28. The average molecular weight is 166 g/mol. The molecule has 0 N–H and O–H groups in total. The summed E-state index contributed by atoms with van der Waals surface area (Å²) < 4.78 is 10.7. The van der Waals surface area contributed by atoms with Crippen molar-refractivity contribution in [2.45, 2.75) is 38.4 Å². The summed E-state index contributed by atoms with van der Waals surface area (Å²) in [5, 5.41) is 0.304. The van der Waals surface area contributed by atoms with Gasteiger partial charge in [0.05, 0.1) is 11.7 Å². The van der Waals surface area contributed by atoms with Crippen molar-refractivity contribution in [3.05, 3.63) is 0 Å². The topological polar surface area (TPSA) is 23.1 Å². The Kier molecular flexibility index (Phi) is 5.84. The van der Waals surface area contributed by atoms with Gasteiger partial charge in [0.25, 0.3) is 0 Å². The zero-order valence-electron chi connectivity index (χ0n) is 5.96. The molecule has 2 unspecified atom stereocenters. The highest BCUT2D eigenvalue weighted by Crippen LogP contribution is 2.15. The van der Waals surface area contributed by atoms with Gasteiger partial charge in [-0.2, -0.15) is 0 Å². The van der Waals surface area contributed by atoms with Gasteiger partial charge in [-0.3, -0.25) is 0 Å². The molecule has 2 atom stereocenters. The highest BCUT2D eigenvalue weighted by Gasteiger charge is 2.14. The predicted octanol–water partition coefficient (Wildman–Crippen LogP) is 2.16. The van der Waals surface area contributed by atoms with Crippen LogP contribution < -0.4 is 0 Å². The van der Waals surface area contributed by atoms with Crippen molar-refractivity contribution in [2.75, 3.05) is 0 Å². The molecule has 0 aliphatic carbocycles. The van der Waals surface area contributed by atoms with Gasteiger partial charge in [0, 0.05) is 10.2 Å². The average Bonchev–Trinajstić information content (AvgIpc) is 1.82. The Balaban J connectivity index is 3.41. The number of hydrogen-bond donors (Lipinski definition) is 1. The van der Waals surface area contributed by atoms with E-state index < -0.39 is 10.2 Å². The Morgan fingerprint density at radius 1 is 1.56 bits per heavy atom. The molecule has 3 heteroatoms.